The molecule has 0 radical (unpaired) electrons. The zero-order chi connectivity index (χ0) is 14.5. The molecule has 0 fully saturated rings. The molecule has 20 heavy (non-hydrogen) atoms. The van der Waals surface area contributed by atoms with Crippen molar-refractivity contribution in [3.63, 3.8) is 0 Å². The lowest BCUT2D eigenvalue weighted by Gasteiger charge is -2.08. The van der Waals surface area contributed by atoms with Gasteiger partial charge in [-0.2, -0.15) is 15.0 Å². The Morgan fingerprint density at radius 3 is 2.60 bits per heavy atom. The minimum absolute atomic E-state index is 0.129. The van der Waals surface area contributed by atoms with E-state index < -0.39 is 0 Å². The minimum atomic E-state index is 0.129. The highest BCUT2D eigenvalue weighted by molar-refractivity contribution is 9.10. The molecule has 1 aromatic heterocycles. The average Bonchev–Trinajstić information content (AvgIpc) is 2.40. The zero-order valence-electron chi connectivity index (χ0n) is 10.6. The van der Waals surface area contributed by atoms with E-state index in [0.717, 1.165) is 23.1 Å². The summed E-state index contributed by atoms with van der Waals surface area (Å²) < 4.78 is 0.823. The normalized spacial score (nSPS) is 10.4. The fourth-order valence-corrected chi connectivity index (χ4v) is 2.01. The van der Waals surface area contributed by atoms with Gasteiger partial charge >= 0.3 is 0 Å². The molecule has 0 saturated carbocycles. The van der Waals surface area contributed by atoms with Crippen molar-refractivity contribution < 1.29 is 0 Å². The van der Waals surface area contributed by atoms with Crippen molar-refractivity contribution in [2.45, 2.75) is 13.3 Å². The molecule has 2 N–H and O–H groups in total. The number of nitrogens with zero attached hydrogens (tertiary/aromatic N) is 3. The third kappa shape index (κ3) is 4.19. The lowest BCUT2D eigenvalue weighted by atomic mass is 10.3. The lowest BCUT2D eigenvalue weighted by Crippen LogP contribution is -2.07. The highest BCUT2D eigenvalue weighted by atomic mass is 79.9. The summed E-state index contributed by atoms with van der Waals surface area (Å²) in [6.07, 6.45) is 0.967. The van der Waals surface area contributed by atoms with Crippen molar-refractivity contribution in [2.75, 3.05) is 17.2 Å². The second kappa shape index (κ2) is 7.06. The van der Waals surface area contributed by atoms with Gasteiger partial charge < -0.3 is 10.6 Å². The van der Waals surface area contributed by atoms with Crippen LogP contribution in [0.4, 0.5) is 17.6 Å². The van der Waals surface area contributed by atoms with Gasteiger partial charge in [0.05, 0.1) is 5.02 Å². The molecule has 0 bridgehead atoms. The van der Waals surface area contributed by atoms with Crippen LogP contribution in [0.2, 0.25) is 10.3 Å². The molecular weight excluding hydrogens is 365 g/mol. The van der Waals surface area contributed by atoms with Crippen LogP contribution in [0.5, 0.6) is 0 Å². The monoisotopic (exact) mass is 375 g/mol. The van der Waals surface area contributed by atoms with Gasteiger partial charge in [0.1, 0.15) is 0 Å². The summed E-state index contributed by atoms with van der Waals surface area (Å²) in [6.45, 7) is 2.82. The van der Waals surface area contributed by atoms with Crippen LogP contribution in [-0.4, -0.2) is 21.5 Å². The van der Waals surface area contributed by atoms with Crippen LogP contribution in [0.15, 0.2) is 22.7 Å². The van der Waals surface area contributed by atoms with Gasteiger partial charge in [-0.15, -0.1) is 0 Å². The van der Waals surface area contributed by atoms with Gasteiger partial charge in [-0.25, -0.2) is 0 Å². The van der Waals surface area contributed by atoms with E-state index in [2.05, 4.69) is 48.4 Å². The van der Waals surface area contributed by atoms with Crippen LogP contribution < -0.4 is 10.6 Å². The first kappa shape index (κ1) is 15.3. The quantitative estimate of drug-likeness (QED) is 0.803. The van der Waals surface area contributed by atoms with Crippen molar-refractivity contribution in [1.82, 2.24) is 15.0 Å². The van der Waals surface area contributed by atoms with Gasteiger partial charge in [0.2, 0.25) is 17.2 Å². The minimum Gasteiger partial charge on any atom is -0.354 e. The highest BCUT2D eigenvalue weighted by Crippen LogP contribution is 2.26. The average molecular weight is 377 g/mol. The van der Waals surface area contributed by atoms with E-state index in [1.54, 1.807) is 6.07 Å². The van der Waals surface area contributed by atoms with Crippen molar-refractivity contribution in [1.29, 1.82) is 0 Å². The van der Waals surface area contributed by atoms with E-state index in [1.165, 1.54) is 0 Å². The number of hydrogen-bond donors (Lipinski definition) is 2. The molecule has 5 nitrogen and oxygen atoms in total. The molecule has 0 aliphatic heterocycles. The Morgan fingerprint density at radius 1 is 1.15 bits per heavy atom. The summed E-state index contributed by atoms with van der Waals surface area (Å²) in [6, 6.07) is 5.46. The third-order valence-corrected chi connectivity index (χ3v) is 3.72. The molecule has 0 atom stereocenters. The maximum absolute atomic E-state index is 6.03. The van der Waals surface area contributed by atoms with Gasteiger partial charge in [0.15, 0.2) is 0 Å². The SMILES string of the molecule is CCCNc1nc(Cl)nc(Nc2ccc(Br)c(Cl)c2)n1. The van der Waals surface area contributed by atoms with Gasteiger partial charge in [-0.1, -0.05) is 18.5 Å². The summed E-state index contributed by atoms with van der Waals surface area (Å²) >= 11 is 15.2. The summed E-state index contributed by atoms with van der Waals surface area (Å²) in [5.74, 6) is 0.805. The summed E-state index contributed by atoms with van der Waals surface area (Å²) in [4.78, 5) is 12.3. The van der Waals surface area contributed by atoms with Crippen molar-refractivity contribution >= 4 is 56.7 Å². The Labute approximate surface area is 135 Å². The van der Waals surface area contributed by atoms with Crippen LogP contribution >= 0.6 is 39.1 Å². The maximum Gasteiger partial charge on any atom is 0.233 e. The van der Waals surface area contributed by atoms with Crippen LogP contribution in [0.1, 0.15) is 13.3 Å². The molecule has 0 saturated heterocycles. The van der Waals surface area contributed by atoms with E-state index in [9.17, 15) is 0 Å². The van der Waals surface area contributed by atoms with Crippen LogP contribution in [0.25, 0.3) is 0 Å². The summed E-state index contributed by atoms with van der Waals surface area (Å²) in [5, 5.41) is 6.82. The lowest BCUT2D eigenvalue weighted by molar-refractivity contribution is 0.940. The Hall–Kier alpha value is -1.11. The van der Waals surface area contributed by atoms with Crippen LogP contribution in [0, 0.1) is 0 Å². The van der Waals surface area contributed by atoms with Gasteiger partial charge in [0, 0.05) is 16.7 Å². The fraction of sp³-hybridized carbons (Fsp3) is 0.250. The molecule has 0 amide bonds. The molecular formula is C12H12BrCl2N5. The molecule has 0 unspecified atom stereocenters. The van der Waals surface area contributed by atoms with E-state index in [4.69, 9.17) is 23.2 Å². The molecule has 0 aliphatic rings. The number of benzene rings is 1. The van der Waals surface area contributed by atoms with Crippen molar-refractivity contribution in [3.8, 4) is 0 Å². The van der Waals surface area contributed by atoms with E-state index in [-0.39, 0.29) is 5.28 Å². The molecule has 1 heterocycles. The molecule has 2 aromatic rings. The van der Waals surface area contributed by atoms with Gasteiger partial charge in [0.25, 0.3) is 0 Å². The van der Waals surface area contributed by atoms with Gasteiger partial charge in [-0.05, 0) is 52.2 Å². The van der Waals surface area contributed by atoms with Crippen LogP contribution in [-0.2, 0) is 0 Å². The van der Waals surface area contributed by atoms with Gasteiger partial charge in [-0.3, -0.25) is 0 Å². The number of anilines is 3. The molecule has 0 aliphatic carbocycles. The Morgan fingerprint density at radius 2 is 1.90 bits per heavy atom. The number of nitrogens with one attached hydrogen (secondary N) is 2. The predicted molar refractivity (Wildman–Crippen MR) is 86.1 cm³/mol. The van der Waals surface area contributed by atoms with E-state index in [1.807, 2.05) is 12.1 Å². The van der Waals surface area contributed by atoms with Crippen molar-refractivity contribution in [3.05, 3.63) is 33.0 Å². The Kier molecular flexibility index (Phi) is 5.39. The Bertz CT molecular complexity index is 608. The first-order valence-electron chi connectivity index (χ1n) is 5.96. The Balaban J connectivity index is 2.19. The first-order valence-corrected chi connectivity index (χ1v) is 7.51. The summed E-state index contributed by atoms with van der Waals surface area (Å²) in [7, 11) is 0. The molecule has 0 spiro atoms. The predicted octanol–water partition coefficient (Wildman–Crippen LogP) is 4.51. The van der Waals surface area contributed by atoms with Crippen molar-refractivity contribution in [2.24, 2.45) is 0 Å². The number of halogens is 3. The maximum atomic E-state index is 6.03. The molecule has 2 rings (SSSR count). The fourth-order valence-electron chi connectivity index (χ4n) is 1.42. The number of aromatic nitrogens is 3. The number of hydrogen-bond acceptors (Lipinski definition) is 5. The molecule has 8 heteroatoms. The molecule has 106 valence electrons. The molecule has 1 aromatic carbocycles. The first-order chi connectivity index (χ1) is 9.58. The number of rotatable bonds is 5. The smallest absolute Gasteiger partial charge is 0.233 e. The van der Waals surface area contributed by atoms with E-state index >= 15 is 0 Å². The van der Waals surface area contributed by atoms with E-state index in [0.29, 0.717) is 16.9 Å². The third-order valence-electron chi connectivity index (χ3n) is 2.32. The second-order valence-electron chi connectivity index (χ2n) is 3.93. The largest absolute Gasteiger partial charge is 0.354 e. The topological polar surface area (TPSA) is 62.7 Å². The standard InChI is InChI=1S/C12H12BrCl2N5/c1-2-5-16-11-18-10(15)19-12(20-11)17-7-3-4-8(13)9(14)6-7/h3-4,6H,2,5H2,1H3,(H2,16,17,18,19,20). The highest BCUT2D eigenvalue weighted by Gasteiger charge is 2.06. The second-order valence-corrected chi connectivity index (χ2v) is 5.53. The zero-order valence-corrected chi connectivity index (χ0v) is 13.7. The van der Waals surface area contributed by atoms with Crippen LogP contribution in [0.3, 0.4) is 0 Å². The summed E-state index contributed by atoms with van der Waals surface area (Å²) in [5.41, 5.74) is 0.766.